The highest BCUT2D eigenvalue weighted by Gasteiger charge is 2.31. The predicted molar refractivity (Wildman–Crippen MR) is 63.6 cm³/mol. The van der Waals surface area contributed by atoms with E-state index in [1.807, 2.05) is 0 Å². The van der Waals surface area contributed by atoms with Gasteiger partial charge in [-0.3, -0.25) is 4.79 Å². The summed E-state index contributed by atoms with van der Waals surface area (Å²) in [6.07, 6.45) is 0.469. The molecule has 1 atom stereocenters. The Balaban J connectivity index is 2.56. The number of aldehydes is 1. The molecule has 0 radical (unpaired) electrons. The summed E-state index contributed by atoms with van der Waals surface area (Å²) in [5.41, 5.74) is -0.903. The van der Waals surface area contributed by atoms with Gasteiger partial charge in [-0.2, -0.15) is 0 Å². The van der Waals surface area contributed by atoms with Gasteiger partial charge in [-0.15, -0.1) is 0 Å². The lowest BCUT2D eigenvalue weighted by Gasteiger charge is -2.22. The minimum Gasteiger partial charge on any atom is -0.508 e. The van der Waals surface area contributed by atoms with Crippen molar-refractivity contribution in [1.82, 2.24) is 0 Å². The fraction of sp³-hybridized carbons (Fsp3) is 0.0714. The molecule has 0 fully saturated rings. The molecule has 2 N–H and O–H groups in total. The number of phenolic OH excluding ortho intramolecular Hbond substituents is 1. The lowest BCUT2D eigenvalue weighted by Crippen LogP contribution is -2.28. The van der Waals surface area contributed by atoms with Gasteiger partial charge in [-0.1, -0.05) is 42.5 Å². The van der Waals surface area contributed by atoms with Crippen molar-refractivity contribution in [1.29, 1.82) is 0 Å². The molecule has 0 heterocycles. The second-order valence-electron chi connectivity index (χ2n) is 3.80. The Morgan fingerprint density at radius 2 is 1.59 bits per heavy atom. The van der Waals surface area contributed by atoms with Crippen molar-refractivity contribution in [2.75, 3.05) is 0 Å². The van der Waals surface area contributed by atoms with Crippen LogP contribution < -0.4 is 0 Å². The summed E-state index contributed by atoms with van der Waals surface area (Å²) in [5.74, 6) is 0.0127. The maximum Gasteiger partial charge on any atom is 0.170 e. The molecule has 3 nitrogen and oxygen atoms in total. The van der Waals surface area contributed by atoms with Crippen LogP contribution in [0.5, 0.6) is 5.75 Å². The number of hydrogen-bond acceptors (Lipinski definition) is 3. The SMILES string of the molecule is O=CC(O)(c1ccccc1)c1cccc(O)c1. The number of hydrogen-bond donors (Lipinski definition) is 2. The van der Waals surface area contributed by atoms with Gasteiger partial charge in [0, 0.05) is 0 Å². The average molecular weight is 228 g/mol. The monoisotopic (exact) mass is 228 g/mol. The van der Waals surface area contributed by atoms with Crippen molar-refractivity contribution in [2.24, 2.45) is 0 Å². The van der Waals surface area contributed by atoms with Crippen LogP contribution >= 0.6 is 0 Å². The molecule has 1 unspecified atom stereocenters. The third kappa shape index (κ3) is 2.05. The minimum absolute atomic E-state index is 0.0127. The smallest absolute Gasteiger partial charge is 0.170 e. The number of aromatic hydroxyl groups is 1. The Hall–Kier alpha value is -2.13. The zero-order chi connectivity index (χ0) is 12.3. The van der Waals surface area contributed by atoms with Gasteiger partial charge in [0.25, 0.3) is 0 Å². The first-order valence-electron chi connectivity index (χ1n) is 5.20. The Bertz CT molecular complexity index is 522. The van der Waals surface area contributed by atoms with Crippen LogP contribution in [0.15, 0.2) is 54.6 Å². The van der Waals surface area contributed by atoms with Crippen LogP contribution in [0.4, 0.5) is 0 Å². The number of carbonyl (C=O) groups excluding carboxylic acids is 1. The van der Waals surface area contributed by atoms with E-state index in [0.29, 0.717) is 17.4 Å². The second kappa shape index (κ2) is 4.39. The van der Waals surface area contributed by atoms with Gasteiger partial charge >= 0.3 is 0 Å². The molecule has 0 aliphatic rings. The van der Waals surface area contributed by atoms with E-state index in [4.69, 9.17) is 0 Å². The van der Waals surface area contributed by atoms with Gasteiger partial charge in [0.2, 0.25) is 0 Å². The summed E-state index contributed by atoms with van der Waals surface area (Å²) < 4.78 is 0. The van der Waals surface area contributed by atoms with Gasteiger partial charge in [-0.05, 0) is 23.3 Å². The summed E-state index contributed by atoms with van der Waals surface area (Å²) in [6.45, 7) is 0. The molecule has 0 saturated heterocycles. The molecule has 0 saturated carbocycles. The van der Waals surface area contributed by atoms with Gasteiger partial charge in [0.05, 0.1) is 0 Å². The van der Waals surface area contributed by atoms with Crippen LogP contribution in [0.2, 0.25) is 0 Å². The van der Waals surface area contributed by atoms with Crippen LogP contribution in [0, 0.1) is 0 Å². The highest BCUT2D eigenvalue weighted by molar-refractivity contribution is 5.72. The molecular weight excluding hydrogens is 216 g/mol. The van der Waals surface area contributed by atoms with Crippen LogP contribution in [-0.2, 0) is 10.4 Å². The lowest BCUT2D eigenvalue weighted by atomic mass is 9.88. The zero-order valence-electron chi connectivity index (χ0n) is 9.08. The fourth-order valence-corrected chi connectivity index (χ4v) is 1.74. The van der Waals surface area contributed by atoms with Crippen LogP contribution in [0.25, 0.3) is 0 Å². The second-order valence-corrected chi connectivity index (χ2v) is 3.80. The van der Waals surface area contributed by atoms with E-state index in [1.54, 1.807) is 42.5 Å². The third-order valence-electron chi connectivity index (χ3n) is 2.67. The largest absolute Gasteiger partial charge is 0.508 e. The van der Waals surface area contributed by atoms with Gasteiger partial charge in [0.15, 0.2) is 11.9 Å². The van der Waals surface area contributed by atoms with Crippen molar-refractivity contribution in [3.8, 4) is 5.75 Å². The average Bonchev–Trinajstić information content (AvgIpc) is 2.39. The molecule has 0 aliphatic carbocycles. The first kappa shape index (κ1) is 11.4. The fourth-order valence-electron chi connectivity index (χ4n) is 1.74. The van der Waals surface area contributed by atoms with E-state index < -0.39 is 5.60 Å². The van der Waals surface area contributed by atoms with Crippen molar-refractivity contribution in [3.05, 3.63) is 65.7 Å². The molecule has 0 spiro atoms. The molecule has 0 aromatic heterocycles. The quantitative estimate of drug-likeness (QED) is 0.788. The molecule has 86 valence electrons. The summed E-state index contributed by atoms with van der Waals surface area (Å²) in [7, 11) is 0. The molecule has 2 rings (SSSR count). The predicted octanol–water partition coefficient (Wildman–Crippen LogP) is 1.83. The topological polar surface area (TPSA) is 57.5 Å². The van der Waals surface area contributed by atoms with Gasteiger partial charge in [0.1, 0.15) is 5.75 Å². The first-order chi connectivity index (χ1) is 8.16. The number of carbonyl (C=O) groups is 1. The van der Waals surface area contributed by atoms with E-state index in [-0.39, 0.29) is 5.75 Å². The lowest BCUT2D eigenvalue weighted by molar-refractivity contribution is -0.121. The Kier molecular flexibility index (Phi) is 2.93. The summed E-state index contributed by atoms with van der Waals surface area (Å²) >= 11 is 0. The highest BCUT2D eigenvalue weighted by Crippen LogP contribution is 2.29. The highest BCUT2D eigenvalue weighted by atomic mass is 16.3. The van der Waals surface area contributed by atoms with Gasteiger partial charge in [-0.25, -0.2) is 0 Å². The first-order valence-corrected chi connectivity index (χ1v) is 5.20. The van der Waals surface area contributed by atoms with Crippen LogP contribution in [0.1, 0.15) is 11.1 Å². The summed E-state index contributed by atoms with van der Waals surface area (Å²) in [6, 6.07) is 14.7. The maximum atomic E-state index is 11.2. The van der Waals surface area contributed by atoms with E-state index in [0.717, 1.165) is 0 Å². The molecule has 3 heteroatoms. The van der Waals surface area contributed by atoms with Crippen LogP contribution in [0.3, 0.4) is 0 Å². The Morgan fingerprint density at radius 1 is 0.941 bits per heavy atom. The zero-order valence-corrected chi connectivity index (χ0v) is 9.08. The van der Waals surface area contributed by atoms with Crippen molar-refractivity contribution in [3.63, 3.8) is 0 Å². The van der Waals surface area contributed by atoms with Gasteiger partial charge < -0.3 is 10.2 Å². The minimum atomic E-state index is -1.72. The van der Waals surface area contributed by atoms with E-state index in [2.05, 4.69) is 0 Å². The van der Waals surface area contributed by atoms with Crippen molar-refractivity contribution in [2.45, 2.75) is 5.60 Å². The van der Waals surface area contributed by atoms with E-state index >= 15 is 0 Å². The van der Waals surface area contributed by atoms with Crippen LogP contribution in [-0.4, -0.2) is 16.5 Å². The van der Waals surface area contributed by atoms with E-state index in [9.17, 15) is 15.0 Å². The van der Waals surface area contributed by atoms with E-state index in [1.165, 1.54) is 12.1 Å². The van der Waals surface area contributed by atoms with Crippen molar-refractivity contribution < 1.29 is 15.0 Å². The number of benzene rings is 2. The standard InChI is InChI=1S/C14H12O3/c15-10-14(17,11-5-2-1-3-6-11)12-7-4-8-13(16)9-12/h1-10,16-17H. The molecule has 2 aromatic carbocycles. The molecular formula is C14H12O3. The maximum absolute atomic E-state index is 11.2. The number of phenols is 1. The number of aliphatic hydroxyl groups is 1. The molecule has 2 aromatic rings. The third-order valence-corrected chi connectivity index (χ3v) is 2.67. The molecule has 0 amide bonds. The summed E-state index contributed by atoms with van der Waals surface area (Å²) in [4.78, 5) is 11.2. The molecule has 0 bridgehead atoms. The molecule has 17 heavy (non-hydrogen) atoms. The Labute approximate surface area is 99.0 Å². The van der Waals surface area contributed by atoms with Crippen molar-refractivity contribution >= 4 is 6.29 Å². The number of rotatable bonds is 3. The normalized spacial score (nSPS) is 13.9. The summed E-state index contributed by atoms with van der Waals surface area (Å²) in [5, 5.41) is 19.8. The molecule has 0 aliphatic heterocycles. The Morgan fingerprint density at radius 3 is 2.18 bits per heavy atom.